The molecule has 0 fully saturated rings. The maximum atomic E-state index is 12.9. The smallest absolute Gasteiger partial charge is 0.163 e. The molecule has 0 bridgehead atoms. The van der Waals surface area contributed by atoms with Crippen molar-refractivity contribution in [3.05, 3.63) is 35.4 Å². The van der Waals surface area contributed by atoms with E-state index in [1.165, 1.54) is 0 Å². The van der Waals surface area contributed by atoms with Gasteiger partial charge in [-0.1, -0.05) is 12.8 Å². The van der Waals surface area contributed by atoms with Crippen LogP contribution in [0.3, 0.4) is 0 Å². The van der Waals surface area contributed by atoms with Gasteiger partial charge in [0.05, 0.1) is 0 Å². The van der Waals surface area contributed by atoms with Gasteiger partial charge in [0.25, 0.3) is 0 Å². The van der Waals surface area contributed by atoms with Crippen molar-refractivity contribution in [2.75, 3.05) is 6.54 Å². The van der Waals surface area contributed by atoms with Crippen LogP contribution in [0.15, 0.2) is 18.2 Å². The molecule has 0 aliphatic rings. The number of hydrogen-bond acceptors (Lipinski definition) is 2. The van der Waals surface area contributed by atoms with Crippen molar-refractivity contribution in [3.8, 4) is 0 Å². The van der Waals surface area contributed by atoms with Gasteiger partial charge in [-0.15, -0.1) is 0 Å². The molecule has 4 heteroatoms. The first kappa shape index (κ1) is 13.8. The van der Waals surface area contributed by atoms with Crippen molar-refractivity contribution in [1.29, 1.82) is 0 Å². The summed E-state index contributed by atoms with van der Waals surface area (Å²) < 4.78 is 25.7. The zero-order chi connectivity index (χ0) is 12.7. The van der Waals surface area contributed by atoms with E-state index in [1.54, 1.807) is 0 Å². The summed E-state index contributed by atoms with van der Waals surface area (Å²) in [6.45, 7) is 0.656. The van der Waals surface area contributed by atoms with E-state index in [0.717, 1.165) is 43.9 Å². The van der Waals surface area contributed by atoms with E-state index >= 15 is 0 Å². The predicted molar refractivity (Wildman–Crippen MR) is 62.8 cm³/mol. The monoisotopic (exact) mass is 241 g/mol. The molecule has 1 rings (SSSR count). The van der Waals surface area contributed by atoms with E-state index in [-0.39, 0.29) is 11.3 Å². The molecule has 0 aromatic heterocycles. The molecule has 94 valence electrons. The minimum absolute atomic E-state index is 0.112. The normalized spacial score (nSPS) is 10.5. The van der Waals surface area contributed by atoms with Crippen molar-refractivity contribution < 1.29 is 13.6 Å². The van der Waals surface area contributed by atoms with Gasteiger partial charge in [-0.25, -0.2) is 8.78 Å². The highest BCUT2D eigenvalue weighted by molar-refractivity contribution is 5.96. The van der Waals surface area contributed by atoms with Crippen LogP contribution in [0.1, 0.15) is 42.5 Å². The maximum Gasteiger partial charge on any atom is 0.163 e. The molecule has 0 heterocycles. The number of carbonyl (C=O) groups is 1. The van der Waals surface area contributed by atoms with Crippen molar-refractivity contribution in [1.82, 2.24) is 0 Å². The van der Waals surface area contributed by atoms with Crippen LogP contribution in [0.4, 0.5) is 8.78 Å². The Morgan fingerprint density at radius 3 is 2.18 bits per heavy atom. The second kappa shape index (κ2) is 7.12. The van der Waals surface area contributed by atoms with Crippen molar-refractivity contribution >= 4 is 5.78 Å². The van der Waals surface area contributed by atoms with E-state index in [2.05, 4.69) is 0 Å². The highest BCUT2D eigenvalue weighted by Crippen LogP contribution is 2.12. The molecule has 1 aromatic carbocycles. The van der Waals surface area contributed by atoms with Gasteiger partial charge in [-0.3, -0.25) is 4.79 Å². The largest absolute Gasteiger partial charge is 0.330 e. The molecule has 0 radical (unpaired) electrons. The van der Waals surface area contributed by atoms with E-state index in [1.807, 2.05) is 0 Å². The third kappa shape index (κ3) is 5.04. The molecule has 0 aliphatic heterocycles. The van der Waals surface area contributed by atoms with Gasteiger partial charge < -0.3 is 5.73 Å². The SMILES string of the molecule is NCCCCCCC(=O)c1cc(F)cc(F)c1. The fourth-order valence-corrected chi connectivity index (χ4v) is 1.64. The number of Topliss-reactive ketones (excluding diaryl/α,β-unsaturated/α-hetero) is 1. The molecule has 0 unspecified atom stereocenters. The van der Waals surface area contributed by atoms with Gasteiger partial charge in [-0.05, 0) is 31.5 Å². The lowest BCUT2D eigenvalue weighted by Gasteiger charge is -2.02. The molecule has 0 saturated carbocycles. The molecule has 0 aliphatic carbocycles. The first-order valence-electron chi connectivity index (χ1n) is 5.83. The second-order valence-electron chi connectivity index (χ2n) is 4.03. The Bertz CT molecular complexity index is 359. The minimum Gasteiger partial charge on any atom is -0.330 e. The van der Waals surface area contributed by atoms with Crippen LogP contribution in [0.5, 0.6) is 0 Å². The van der Waals surface area contributed by atoms with Gasteiger partial charge in [0.2, 0.25) is 0 Å². The molecule has 0 amide bonds. The van der Waals surface area contributed by atoms with Crippen LogP contribution in [0, 0.1) is 11.6 Å². The van der Waals surface area contributed by atoms with E-state index < -0.39 is 11.6 Å². The summed E-state index contributed by atoms with van der Waals surface area (Å²) in [5.41, 5.74) is 5.46. The van der Waals surface area contributed by atoms with E-state index in [0.29, 0.717) is 13.0 Å². The first-order valence-corrected chi connectivity index (χ1v) is 5.83. The summed E-state index contributed by atoms with van der Waals surface area (Å²) in [7, 11) is 0. The Morgan fingerprint density at radius 1 is 1.00 bits per heavy atom. The lowest BCUT2D eigenvalue weighted by Crippen LogP contribution is -2.01. The Labute approximate surface area is 99.8 Å². The van der Waals surface area contributed by atoms with Crippen LogP contribution in [0.25, 0.3) is 0 Å². The molecule has 2 nitrogen and oxygen atoms in total. The Hall–Kier alpha value is -1.29. The summed E-state index contributed by atoms with van der Waals surface area (Å²) in [6.07, 6.45) is 3.91. The number of halogens is 2. The summed E-state index contributed by atoms with van der Waals surface area (Å²) in [5, 5.41) is 0. The minimum atomic E-state index is -0.712. The van der Waals surface area contributed by atoms with Crippen LogP contribution in [-0.2, 0) is 0 Å². The lowest BCUT2D eigenvalue weighted by atomic mass is 10.0. The standard InChI is InChI=1S/C13H17F2NO/c14-11-7-10(8-12(15)9-11)13(17)5-3-1-2-4-6-16/h7-9H,1-6,16H2. The predicted octanol–water partition coefficient (Wildman–Crippen LogP) is 3.06. The molecule has 0 saturated heterocycles. The van der Waals surface area contributed by atoms with Crippen LogP contribution >= 0.6 is 0 Å². The van der Waals surface area contributed by atoms with Crippen LogP contribution in [0.2, 0.25) is 0 Å². The molecular weight excluding hydrogens is 224 g/mol. The van der Waals surface area contributed by atoms with Crippen LogP contribution in [-0.4, -0.2) is 12.3 Å². The van der Waals surface area contributed by atoms with Gasteiger partial charge in [-0.2, -0.15) is 0 Å². The number of benzene rings is 1. The highest BCUT2D eigenvalue weighted by atomic mass is 19.1. The molecule has 0 spiro atoms. The summed E-state index contributed by atoms with van der Waals surface area (Å²) in [4.78, 5) is 11.6. The van der Waals surface area contributed by atoms with Gasteiger partial charge in [0, 0.05) is 18.1 Å². The summed E-state index contributed by atoms with van der Waals surface area (Å²) >= 11 is 0. The van der Waals surface area contributed by atoms with Gasteiger partial charge in [0.1, 0.15) is 11.6 Å². The molecule has 17 heavy (non-hydrogen) atoms. The fourth-order valence-electron chi connectivity index (χ4n) is 1.64. The topological polar surface area (TPSA) is 43.1 Å². The number of hydrogen-bond donors (Lipinski definition) is 1. The number of rotatable bonds is 7. The number of unbranched alkanes of at least 4 members (excludes halogenated alkanes) is 3. The number of nitrogens with two attached hydrogens (primary N) is 1. The quantitative estimate of drug-likeness (QED) is 0.589. The third-order valence-electron chi connectivity index (χ3n) is 2.54. The van der Waals surface area contributed by atoms with Crippen LogP contribution < -0.4 is 5.73 Å². The first-order chi connectivity index (χ1) is 8.13. The van der Waals surface area contributed by atoms with Crippen molar-refractivity contribution in [3.63, 3.8) is 0 Å². The fraction of sp³-hybridized carbons (Fsp3) is 0.462. The molecule has 0 atom stereocenters. The second-order valence-corrected chi connectivity index (χ2v) is 4.03. The Morgan fingerprint density at radius 2 is 1.59 bits per heavy atom. The van der Waals surface area contributed by atoms with Gasteiger partial charge >= 0.3 is 0 Å². The lowest BCUT2D eigenvalue weighted by molar-refractivity contribution is 0.0978. The summed E-state index contributed by atoms with van der Waals surface area (Å²) in [5.74, 6) is -1.64. The zero-order valence-corrected chi connectivity index (χ0v) is 9.72. The Balaban J connectivity index is 2.41. The molecule has 1 aromatic rings. The number of ketones is 1. The average Bonchev–Trinajstić information content (AvgIpc) is 2.27. The zero-order valence-electron chi connectivity index (χ0n) is 9.72. The van der Waals surface area contributed by atoms with Gasteiger partial charge in [0.15, 0.2) is 5.78 Å². The van der Waals surface area contributed by atoms with E-state index in [9.17, 15) is 13.6 Å². The Kier molecular flexibility index (Phi) is 5.77. The third-order valence-corrected chi connectivity index (χ3v) is 2.54. The van der Waals surface area contributed by atoms with Crippen molar-refractivity contribution in [2.45, 2.75) is 32.1 Å². The molecular formula is C13H17F2NO. The van der Waals surface area contributed by atoms with E-state index in [4.69, 9.17) is 5.73 Å². The summed E-state index contributed by atoms with van der Waals surface area (Å²) in [6, 6.07) is 2.91. The number of carbonyl (C=O) groups excluding carboxylic acids is 1. The maximum absolute atomic E-state index is 12.9. The molecule has 2 N–H and O–H groups in total. The highest BCUT2D eigenvalue weighted by Gasteiger charge is 2.08. The van der Waals surface area contributed by atoms with Crippen molar-refractivity contribution in [2.24, 2.45) is 5.73 Å². The average molecular weight is 241 g/mol.